The molecule has 154 valence electrons. The monoisotopic (exact) mass is 433 g/mol. The standard InChI is InChI=1S/C27H19N3OS/c1-30-21-13-4-3-11-19(21)24(23-16-18-8-2-5-14-22(18)32-23)26(30)27(31)29-20-12-6-9-17-10-7-15-28-25(17)20/h2-16H,1H3,(H,29,31). The van der Waals surface area contributed by atoms with Crippen LogP contribution >= 0.6 is 11.3 Å². The molecule has 1 N–H and O–H groups in total. The predicted molar refractivity (Wildman–Crippen MR) is 133 cm³/mol. The van der Waals surface area contributed by atoms with Crippen LogP contribution in [0, 0.1) is 0 Å². The molecule has 0 radical (unpaired) electrons. The van der Waals surface area contributed by atoms with Crippen molar-refractivity contribution in [2.24, 2.45) is 7.05 Å². The number of anilines is 1. The third kappa shape index (κ3) is 2.90. The van der Waals surface area contributed by atoms with Gasteiger partial charge in [-0.1, -0.05) is 54.6 Å². The molecule has 1 amide bonds. The third-order valence-electron chi connectivity index (χ3n) is 5.87. The molecule has 0 aliphatic rings. The molecule has 5 heteroatoms. The van der Waals surface area contributed by atoms with Crippen molar-refractivity contribution in [3.05, 3.63) is 96.8 Å². The van der Waals surface area contributed by atoms with Gasteiger partial charge in [0.2, 0.25) is 0 Å². The van der Waals surface area contributed by atoms with Crippen molar-refractivity contribution in [3.63, 3.8) is 0 Å². The fraction of sp³-hybridized carbons (Fsp3) is 0.0370. The quantitative estimate of drug-likeness (QED) is 0.331. The van der Waals surface area contributed by atoms with E-state index < -0.39 is 0 Å². The van der Waals surface area contributed by atoms with Crippen LogP contribution in [0.25, 0.3) is 42.3 Å². The zero-order valence-electron chi connectivity index (χ0n) is 17.4. The molecule has 0 unspecified atom stereocenters. The first-order valence-electron chi connectivity index (χ1n) is 10.4. The highest BCUT2D eigenvalue weighted by Gasteiger charge is 2.24. The van der Waals surface area contributed by atoms with Gasteiger partial charge in [-0.05, 0) is 35.7 Å². The number of carbonyl (C=O) groups excluding carboxylic acids is 1. The van der Waals surface area contributed by atoms with Gasteiger partial charge in [0, 0.05) is 44.7 Å². The first-order valence-corrected chi connectivity index (χ1v) is 11.2. The summed E-state index contributed by atoms with van der Waals surface area (Å²) >= 11 is 1.71. The molecule has 0 bridgehead atoms. The number of thiophene rings is 1. The highest BCUT2D eigenvalue weighted by molar-refractivity contribution is 7.22. The summed E-state index contributed by atoms with van der Waals surface area (Å²) in [6, 6.07) is 28.4. The van der Waals surface area contributed by atoms with E-state index in [1.54, 1.807) is 17.5 Å². The van der Waals surface area contributed by atoms with Gasteiger partial charge in [-0.25, -0.2) is 0 Å². The number of aromatic nitrogens is 2. The lowest BCUT2D eigenvalue weighted by molar-refractivity contribution is 0.102. The van der Waals surface area contributed by atoms with Crippen molar-refractivity contribution in [2.45, 2.75) is 0 Å². The maximum atomic E-state index is 13.7. The number of benzene rings is 3. The first kappa shape index (κ1) is 18.8. The van der Waals surface area contributed by atoms with E-state index >= 15 is 0 Å². The van der Waals surface area contributed by atoms with Gasteiger partial charge in [0.15, 0.2) is 0 Å². The second kappa shape index (κ2) is 7.32. The number of rotatable bonds is 3. The fourth-order valence-electron chi connectivity index (χ4n) is 4.40. The summed E-state index contributed by atoms with van der Waals surface area (Å²) in [5.74, 6) is -0.144. The van der Waals surface area contributed by atoms with Gasteiger partial charge >= 0.3 is 0 Å². The number of pyridine rings is 1. The SMILES string of the molecule is Cn1c(C(=O)Nc2cccc3cccnc23)c(-c2cc3ccccc3s2)c2ccccc21. The van der Waals surface area contributed by atoms with Crippen LogP contribution in [0.4, 0.5) is 5.69 Å². The molecule has 3 aromatic carbocycles. The molecule has 0 saturated carbocycles. The van der Waals surface area contributed by atoms with Crippen molar-refractivity contribution in [3.8, 4) is 10.4 Å². The largest absolute Gasteiger partial charge is 0.339 e. The predicted octanol–water partition coefficient (Wildman–Crippen LogP) is 6.86. The van der Waals surface area contributed by atoms with E-state index in [1.165, 1.54) is 10.1 Å². The van der Waals surface area contributed by atoms with Crippen LogP contribution in [-0.2, 0) is 7.05 Å². The van der Waals surface area contributed by atoms with Crippen LogP contribution in [-0.4, -0.2) is 15.5 Å². The second-order valence-corrected chi connectivity index (χ2v) is 8.87. The molecule has 0 fully saturated rings. The van der Waals surface area contributed by atoms with Crippen LogP contribution in [0.1, 0.15) is 10.5 Å². The van der Waals surface area contributed by atoms with Crippen molar-refractivity contribution in [1.29, 1.82) is 0 Å². The lowest BCUT2D eigenvalue weighted by atomic mass is 10.1. The molecule has 0 saturated heterocycles. The van der Waals surface area contributed by atoms with Gasteiger partial charge < -0.3 is 9.88 Å². The van der Waals surface area contributed by atoms with Crippen LogP contribution in [0.3, 0.4) is 0 Å². The van der Waals surface area contributed by atoms with E-state index in [2.05, 4.69) is 40.6 Å². The molecule has 6 rings (SSSR count). The maximum absolute atomic E-state index is 13.7. The summed E-state index contributed by atoms with van der Waals surface area (Å²) in [7, 11) is 1.95. The molecule has 0 aliphatic carbocycles. The Bertz CT molecular complexity index is 1610. The Labute approximate surface area is 188 Å². The van der Waals surface area contributed by atoms with Crippen LogP contribution < -0.4 is 5.32 Å². The average molecular weight is 434 g/mol. The van der Waals surface area contributed by atoms with Gasteiger partial charge in [0.25, 0.3) is 5.91 Å². The number of nitrogens with one attached hydrogen (secondary N) is 1. The van der Waals surface area contributed by atoms with Gasteiger partial charge in [-0.3, -0.25) is 9.78 Å². The highest BCUT2D eigenvalue weighted by atomic mass is 32.1. The van der Waals surface area contributed by atoms with Gasteiger partial charge in [0.05, 0.1) is 11.2 Å². The van der Waals surface area contributed by atoms with Gasteiger partial charge in [0.1, 0.15) is 5.69 Å². The van der Waals surface area contributed by atoms with Crippen molar-refractivity contribution in [1.82, 2.24) is 9.55 Å². The second-order valence-electron chi connectivity index (χ2n) is 7.78. The minimum atomic E-state index is -0.144. The molecular weight excluding hydrogens is 414 g/mol. The number of para-hydroxylation sites is 2. The smallest absolute Gasteiger partial charge is 0.273 e. The lowest BCUT2D eigenvalue weighted by Gasteiger charge is -2.10. The van der Waals surface area contributed by atoms with E-state index in [0.717, 1.165) is 32.2 Å². The van der Waals surface area contributed by atoms with Crippen LogP contribution in [0.5, 0.6) is 0 Å². The first-order chi connectivity index (χ1) is 15.7. The van der Waals surface area contributed by atoms with E-state index in [9.17, 15) is 4.79 Å². The Kier molecular flexibility index (Phi) is 4.30. The molecule has 0 spiro atoms. The lowest BCUT2D eigenvalue weighted by Crippen LogP contribution is -2.17. The van der Waals surface area contributed by atoms with E-state index in [1.807, 2.05) is 66.2 Å². The summed E-state index contributed by atoms with van der Waals surface area (Å²) in [5, 5.41) is 6.38. The molecule has 0 atom stereocenters. The van der Waals surface area contributed by atoms with E-state index in [0.29, 0.717) is 11.4 Å². The van der Waals surface area contributed by atoms with Crippen molar-refractivity contribution in [2.75, 3.05) is 5.32 Å². The molecule has 32 heavy (non-hydrogen) atoms. The van der Waals surface area contributed by atoms with Crippen molar-refractivity contribution >= 4 is 54.8 Å². The molecular formula is C27H19N3OS. The molecule has 3 aromatic heterocycles. The number of hydrogen-bond acceptors (Lipinski definition) is 3. The summed E-state index contributed by atoms with van der Waals surface area (Å²) in [6.07, 6.45) is 1.75. The number of hydrogen-bond donors (Lipinski definition) is 1. The van der Waals surface area contributed by atoms with Gasteiger partial charge in [-0.15, -0.1) is 11.3 Å². The van der Waals surface area contributed by atoms with Crippen LogP contribution in [0.2, 0.25) is 0 Å². The fourth-order valence-corrected chi connectivity index (χ4v) is 5.52. The van der Waals surface area contributed by atoms with Gasteiger partial charge in [-0.2, -0.15) is 0 Å². The Morgan fingerprint density at radius 1 is 0.906 bits per heavy atom. The average Bonchev–Trinajstić information content (AvgIpc) is 3.38. The normalized spacial score (nSPS) is 11.4. The van der Waals surface area contributed by atoms with Crippen molar-refractivity contribution < 1.29 is 4.79 Å². The number of carbonyl (C=O) groups is 1. The zero-order valence-corrected chi connectivity index (χ0v) is 18.2. The number of fused-ring (bicyclic) bond motifs is 3. The summed E-state index contributed by atoms with van der Waals surface area (Å²) in [4.78, 5) is 19.3. The zero-order chi connectivity index (χ0) is 21.7. The Balaban J connectivity index is 1.55. The minimum absolute atomic E-state index is 0.144. The maximum Gasteiger partial charge on any atom is 0.273 e. The Morgan fingerprint density at radius 3 is 2.59 bits per heavy atom. The summed E-state index contributed by atoms with van der Waals surface area (Å²) in [5.41, 5.74) is 4.13. The van der Waals surface area contributed by atoms with Crippen LogP contribution in [0.15, 0.2) is 91.1 Å². The highest BCUT2D eigenvalue weighted by Crippen LogP contribution is 2.41. The number of amides is 1. The number of nitrogens with zero attached hydrogens (tertiary/aromatic N) is 2. The summed E-state index contributed by atoms with van der Waals surface area (Å²) in [6.45, 7) is 0. The Morgan fingerprint density at radius 2 is 1.69 bits per heavy atom. The third-order valence-corrected chi connectivity index (χ3v) is 7.01. The topological polar surface area (TPSA) is 46.9 Å². The Hall–Kier alpha value is -3.96. The molecule has 4 nitrogen and oxygen atoms in total. The minimum Gasteiger partial charge on any atom is -0.339 e. The van der Waals surface area contributed by atoms with E-state index in [4.69, 9.17) is 0 Å². The van der Waals surface area contributed by atoms with E-state index in [-0.39, 0.29) is 5.91 Å². The molecule has 3 heterocycles. The molecule has 6 aromatic rings. The summed E-state index contributed by atoms with van der Waals surface area (Å²) < 4.78 is 3.20. The number of aryl methyl sites for hydroxylation is 1. The molecule has 0 aliphatic heterocycles.